The molecule has 0 radical (unpaired) electrons. The first kappa shape index (κ1) is 19.5. The number of carbonyl (C=O) groups is 1. The summed E-state index contributed by atoms with van der Waals surface area (Å²) < 4.78 is 11.5. The van der Waals surface area contributed by atoms with E-state index in [1.807, 2.05) is 31.2 Å². The van der Waals surface area contributed by atoms with Gasteiger partial charge in [-0.2, -0.15) is 0 Å². The first-order valence-corrected chi connectivity index (χ1v) is 10.4. The second-order valence-corrected chi connectivity index (χ2v) is 7.86. The van der Waals surface area contributed by atoms with E-state index in [4.69, 9.17) is 9.47 Å². The Labute approximate surface area is 171 Å². The summed E-state index contributed by atoms with van der Waals surface area (Å²) in [6.07, 6.45) is 5.38. The van der Waals surface area contributed by atoms with Crippen LogP contribution in [0.5, 0.6) is 17.2 Å². The lowest BCUT2D eigenvalue weighted by molar-refractivity contribution is -0.941. The monoisotopic (exact) mass is 394 g/mol. The number of phenols is 1. The van der Waals surface area contributed by atoms with Crippen LogP contribution in [0.1, 0.15) is 54.6 Å². The SMILES string of the molecule is CCOc1ccc(/C=C2\Oc3c(ccc(O)c3C[NH+]3CCCC[C@H]3C)C2=O)cc1. The van der Waals surface area contributed by atoms with Crippen molar-refractivity contribution in [2.75, 3.05) is 13.2 Å². The smallest absolute Gasteiger partial charge is 0.231 e. The summed E-state index contributed by atoms with van der Waals surface area (Å²) in [7, 11) is 0. The maximum Gasteiger partial charge on any atom is 0.231 e. The Hall–Kier alpha value is -2.79. The summed E-state index contributed by atoms with van der Waals surface area (Å²) >= 11 is 0. The molecule has 0 bridgehead atoms. The average molecular weight is 394 g/mol. The predicted octanol–water partition coefficient (Wildman–Crippen LogP) is 3.36. The van der Waals surface area contributed by atoms with Gasteiger partial charge < -0.3 is 19.5 Å². The van der Waals surface area contributed by atoms with Crippen LogP contribution in [0, 0.1) is 0 Å². The summed E-state index contributed by atoms with van der Waals surface area (Å²) in [4.78, 5) is 14.3. The van der Waals surface area contributed by atoms with Crippen molar-refractivity contribution in [3.8, 4) is 17.2 Å². The van der Waals surface area contributed by atoms with Gasteiger partial charge in [0.25, 0.3) is 0 Å². The van der Waals surface area contributed by atoms with Gasteiger partial charge in [0.2, 0.25) is 5.78 Å². The van der Waals surface area contributed by atoms with Crippen molar-refractivity contribution in [1.82, 2.24) is 0 Å². The lowest BCUT2D eigenvalue weighted by Gasteiger charge is -2.30. The van der Waals surface area contributed by atoms with Crippen molar-refractivity contribution >= 4 is 11.9 Å². The number of ketones is 1. The van der Waals surface area contributed by atoms with E-state index in [-0.39, 0.29) is 17.3 Å². The number of likely N-dealkylation sites (tertiary alicyclic amines) is 1. The minimum Gasteiger partial charge on any atom is -0.507 e. The first-order chi connectivity index (χ1) is 14.1. The maximum absolute atomic E-state index is 12.9. The third kappa shape index (κ3) is 4.01. The summed E-state index contributed by atoms with van der Waals surface area (Å²) in [6.45, 7) is 6.55. The third-order valence-corrected chi connectivity index (χ3v) is 5.89. The maximum atomic E-state index is 12.9. The van der Waals surface area contributed by atoms with Gasteiger partial charge in [-0.15, -0.1) is 0 Å². The van der Waals surface area contributed by atoms with Crippen LogP contribution in [-0.2, 0) is 6.54 Å². The highest BCUT2D eigenvalue weighted by atomic mass is 16.5. The van der Waals surface area contributed by atoms with Gasteiger partial charge >= 0.3 is 0 Å². The van der Waals surface area contributed by atoms with Gasteiger partial charge in [0.05, 0.1) is 30.3 Å². The number of nitrogens with one attached hydrogen (secondary N) is 1. The van der Waals surface area contributed by atoms with Crippen LogP contribution >= 0.6 is 0 Å². The number of piperidine rings is 1. The van der Waals surface area contributed by atoms with E-state index < -0.39 is 0 Å². The molecule has 1 saturated heterocycles. The van der Waals surface area contributed by atoms with Gasteiger partial charge in [-0.3, -0.25) is 4.79 Å². The quantitative estimate of drug-likeness (QED) is 0.764. The summed E-state index contributed by atoms with van der Waals surface area (Å²) in [6, 6.07) is 11.4. The van der Waals surface area contributed by atoms with E-state index in [1.165, 1.54) is 24.2 Å². The van der Waals surface area contributed by atoms with Crippen LogP contribution in [0.25, 0.3) is 6.08 Å². The first-order valence-electron chi connectivity index (χ1n) is 10.4. The molecule has 0 aromatic heterocycles. The molecule has 5 heteroatoms. The fourth-order valence-electron chi connectivity index (χ4n) is 4.19. The van der Waals surface area contributed by atoms with Crippen LogP contribution < -0.4 is 14.4 Å². The zero-order valence-corrected chi connectivity index (χ0v) is 17.0. The van der Waals surface area contributed by atoms with Crippen LogP contribution in [0.4, 0.5) is 0 Å². The van der Waals surface area contributed by atoms with Crippen molar-refractivity contribution in [3.05, 3.63) is 58.8 Å². The van der Waals surface area contributed by atoms with Crippen molar-refractivity contribution in [2.45, 2.75) is 45.7 Å². The third-order valence-electron chi connectivity index (χ3n) is 5.89. The Balaban J connectivity index is 1.60. The molecule has 0 saturated carbocycles. The van der Waals surface area contributed by atoms with E-state index in [0.717, 1.165) is 23.4 Å². The van der Waals surface area contributed by atoms with E-state index >= 15 is 0 Å². The topological polar surface area (TPSA) is 60.2 Å². The van der Waals surface area contributed by atoms with Crippen LogP contribution in [0.15, 0.2) is 42.2 Å². The number of rotatable bonds is 5. The molecule has 2 aromatic rings. The Kier molecular flexibility index (Phi) is 5.58. The molecular formula is C24H28NO4+. The molecule has 4 rings (SSSR count). The van der Waals surface area contributed by atoms with Gasteiger partial charge in [0.15, 0.2) is 11.5 Å². The van der Waals surface area contributed by atoms with Crippen molar-refractivity contribution in [2.24, 2.45) is 0 Å². The fraction of sp³-hybridized carbons (Fsp3) is 0.375. The molecule has 2 atom stereocenters. The largest absolute Gasteiger partial charge is 0.507 e. The van der Waals surface area contributed by atoms with Gasteiger partial charge in [-0.1, -0.05) is 12.1 Å². The lowest BCUT2D eigenvalue weighted by atomic mass is 10.0. The number of ether oxygens (including phenoxy) is 2. The van der Waals surface area contributed by atoms with Gasteiger partial charge in [0, 0.05) is 0 Å². The Bertz CT molecular complexity index is 933. The van der Waals surface area contributed by atoms with Gasteiger partial charge in [-0.25, -0.2) is 0 Å². The molecule has 2 heterocycles. The standard InChI is InChI=1S/C24H27NO4/c1-3-28-18-9-7-17(8-10-18)14-22-23(27)19-11-12-21(26)20(24(19)29-22)15-25-13-5-4-6-16(25)2/h7-12,14,16,26H,3-6,13,15H2,1-2H3/p+1/b22-14-/t16-/m1/s1. The highest BCUT2D eigenvalue weighted by molar-refractivity contribution is 6.14. The molecule has 1 fully saturated rings. The molecule has 0 amide bonds. The zero-order chi connectivity index (χ0) is 20.4. The second-order valence-electron chi connectivity index (χ2n) is 7.86. The summed E-state index contributed by atoms with van der Waals surface area (Å²) in [5.74, 6) is 1.65. The van der Waals surface area contributed by atoms with Crippen LogP contribution in [-0.4, -0.2) is 30.1 Å². The van der Waals surface area contributed by atoms with E-state index in [0.29, 0.717) is 30.5 Å². The lowest BCUT2D eigenvalue weighted by Crippen LogP contribution is -3.14. The summed E-state index contributed by atoms with van der Waals surface area (Å²) in [5, 5.41) is 10.5. The molecular weight excluding hydrogens is 366 g/mol. The number of carbonyl (C=O) groups excluding carboxylic acids is 1. The minimum absolute atomic E-state index is 0.142. The van der Waals surface area contributed by atoms with E-state index in [2.05, 4.69) is 6.92 Å². The minimum atomic E-state index is -0.142. The van der Waals surface area contributed by atoms with Crippen molar-refractivity contribution in [1.29, 1.82) is 0 Å². The number of hydrogen-bond acceptors (Lipinski definition) is 4. The van der Waals surface area contributed by atoms with Gasteiger partial charge in [-0.05, 0) is 69.0 Å². The fourth-order valence-corrected chi connectivity index (χ4v) is 4.19. The van der Waals surface area contributed by atoms with Crippen LogP contribution in [0.2, 0.25) is 0 Å². The molecule has 2 N–H and O–H groups in total. The zero-order valence-electron chi connectivity index (χ0n) is 17.0. The van der Waals surface area contributed by atoms with Gasteiger partial charge in [0.1, 0.15) is 18.0 Å². The molecule has 1 unspecified atom stereocenters. The Morgan fingerprint density at radius 3 is 2.72 bits per heavy atom. The van der Waals surface area contributed by atoms with Crippen molar-refractivity contribution < 1.29 is 24.3 Å². The number of quaternary nitrogens is 1. The average Bonchev–Trinajstić information content (AvgIpc) is 3.03. The second kappa shape index (κ2) is 8.29. The molecule has 29 heavy (non-hydrogen) atoms. The summed E-state index contributed by atoms with van der Waals surface area (Å²) in [5.41, 5.74) is 2.12. The molecule has 0 spiro atoms. The Morgan fingerprint density at radius 2 is 2.00 bits per heavy atom. The van der Waals surface area contributed by atoms with E-state index in [1.54, 1.807) is 18.2 Å². The number of Topliss-reactive ketones (excluding diaryl/α,β-unsaturated/α-hetero) is 1. The molecule has 152 valence electrons. The normalized spacial score (nSPS) is 22.4. The highest BCUT2D eigenvalue weighted by Gasteiger charge is 2.33. The van der Waals surface area contributed by atoms with Crippen LogP contribution in [0.3, 0.4) is 0 Å². The number of aromatic hydroxyl groups is 1. The molecule has 0 aliphatic carbocycles. The highest BCUT2D eigenvalue weighted by Crippen LogP contribution is 2.39. The number of fused-ring (bicyclic) bond motifs is 1. The van der Waals surface area contributed by atoms with Crippen molar-refractivity contribution in [3.63, 3.8) is 0 Å². The van der Waals surface area contributed by atoms with E-state index in [9.17, 15) is 9.90 Å². The number of benzene rings is 2. The number of allylic oxidation sites excluding steroid dienone is 1. The molecule has 5 nitrogen and oxygen atoms in total. The predicted molar refractivity (Wildman–Crippen MR) is 112 cm³/mol. The number of phenolic OH excluding ortho intramolecular Hbond substituents is 1. The Morgan fingerprint density at radius 1 is 1.21 bits per heavy atom. The number of hydrogen-bond donors (Lipinski definition) is 2. The molecule has 2 aliphatic rings. The molecule has 2 aromatic carbocycles. The molecule has 2 aliphatic heterocycles.